The van der Waals surface area contributed by atoms with Gasteiger partial charge >= 0.3 is 6.18 Å². The van der Waals surface area contributed by atoms with Crippen LogP contribution in [0.25, 0.3) is 0 Å². The number of alkyl halides is 3. The van der Waals surface area contributed by atoms with Crippen molar-refractivity contribution in [3.63, 3.8) is 0 Å². The number of allylic oxidation sites excluding steroid dienone is 1. The van der Waals surface area contributed by atoms with Gasteiger partial charge in [-0.1, -0.05) is 18.9 Å². The van der Waals surface area contributed by atoms with Crippen molar-refractivity contribution in [2.45, 2.75) is 52.1 Å². The van der Waals surface area contributed by atoms with E-state index in [-0.39, 0.29) is 0 Å². The van der Waals surface area contributed by atoms with Crippen LogP contribution in [-0.4, -0.2) is 4.98 Å². The summed E-state index contributed by atoms with van der Waals surface area (Å²) >= 11 is 0. The van der Waals surface area contributed by atoms with Gasteiger partial charge in [-0.25, -0.2) is 0 Å². The average molecular weight is 271 g/mol. The number of aryl methyl sites for hydroxylation is 2. The number of pyridine rings is 1. The molecule has 0 atom stereocenters. The third kappa shape index (κ3) is 5.05. The summed E-state index contributed by atoms with van der Waals surface area (Å²) in [4.78, 5) is 3.99. The zero-order valence-electron chi connectivity index (χ0n) is 11.5. The van der Waals surface area contributed by atoms with Crippen LogP contribution in [0.5, 0.6) is 0 Å². The fraction of sp³-hybridized carbons (Fsp3) is 0.533. The molecule has 0 fully saturated rings. The van der Waals surface area contributed by atoms with Crippen molar-refractivity contribution in [1.82, 2.24) is 4.98 Å². The minimum absolute atomic E-state index is 0.624. The summed E-state index contributed by atoms with van der Waals surface area (Å²) in [5, 5.41) is 0. The Morgan fingerprint density at radius 1 is 1.32 bits per heavy atom. The van der Waals surface area contributed by atoms with Crippen LogP contribution in [0.15, 0.2) is 24.4 Å². The maximum Gasteiger partial charge on any atom is 0.417 e. The largest absolute Gasteiger partial charge is 0.417 e. The normalized spacial score (nSPS) is 11.6. The molecule has 4 heteroatoms. The third-order valence-corrected chi connectivity index (χ3v) is 2.92. The first-order chi connectivity index (χ1) is 8.84. The molecule has 0 aromatic carbocycles. The predicted molar refractivity (Wildman–Crippen MR) is 71.0 cm³/mol. The van der Waals surface area contributed by atoms with Crippen LogP contribution in [0.3, 0.4) is 0 Å². The van der Waals surface area contributed by atoms with Crippen molar-refractivity contribution >= 4 is 0 Å². The number of halogens is 3. The van der Waals surface area contributed by atoms with Gasteiger partial charge in [-0.3, -0.25) is 4.98 Å². The van der Waals surface area contributed by atoms with Crippen molar-refractivity contribution in [3.05, 3.63) is 41.2 Å². The minimum atomic E-state index is -4.32. The van der Waals surface area contributed by atoms with E-state index in [2.05, 4.69) is 11.6 Å². The molecule has 0 aliphatic rings. The molecule has 1 nitrogen and oxygen atoms in total. The summed E-state index contributed by atoms with van der Waals surface area (Å²) in [5.41, 5.74) is 1.91. The summed E-state index contributed by atoms with van der Waals surface area (Å²) < 4.78 is 38.0. The zero-order chi connectivity index (χ0) is 14.5. The lowest BCUT2D eigenvalue weighted by molar-refractivity contribution is -0.137. The van der Waals surface area contributed by atoms with E-state index >= 15 is 0 Å². The molecule has 1 aromatic rings. The number of hydrogen-bond acceptors (Lipinski definition) is 1. The van der Waals surface area contributed by atoms with Crippen LogP contribution in [0.1, 0.15) is 49.9 Å². The van der Waals surface area contributed by atoms with Gasteiger partial charge in [0.2, 0.25) is 0 Å². The topological polar surface area (TPSA) is 12.9 Å². The Kier molecular flexibility index (Phi) is 5.58. The van der Waals surface area contributed by atoms with Gasteiger partial charge in [0.15, 0.2) is 0 Å². The summed E-state index contributed by atoms with van der Waals surface area (Å²) in [6, 6.07) is 1.25. The molecule has 0 aliphatic heterocycles. The first-order valence-electron chi connectivity index (χ1n) is 6.54. The number of rotatable bonds is 6. The molecular formula is C15H20F3N. The molecule has 0 bridgehead atoms. The SMILES string of the molecule is C=C(C)CCCc1cc(C(F)(F)F)cnc1CCC. The molecule has 0 amide bonds. The molecule has 1 aromatic heterocycles. The van der Waals surface area contributed by atoms with Gasteiger partial charge < -0.3 is 0 Å². The summed E-state index contributed by atoms with van der Waals surface area (Å²) in [7, 11) is 0. The highest BCUT2D eigenvalue weighted by atomic mass is 19.4. The molecule has 19 heavy (non-hydrogen) atoms. The Morgan fingerprint density at radius 3 is 2.53 bits per heavy atom. The zero-order valence-corrected chi connectivity index (χ0v) is 11.5. The van der Waals surface area contributed by atoms with Crippen molar-refractivity contribution in [1.29, 1.82) is 0 Å². The molecule has 0 aliphatic carbocycles. The quantitative estimate of drug-likeness (QED) is 0.667. The van der Waals surface area contributed by atoms with E-state index in [4.69, 9.17) is 0 Å². The average Bonchev–Trinajstić information content (AvgIpc) is 2.29. The summed E-state index contributed by atoms with van der Waals surface area (Å²) in [5.74, 6) is 0. The van der Waals surface area contributed by atoms with Gasteiger partial charge in [0.05, 0.1) is 5.56 Å². The molecule has 0 spiro atoms. The Labute approximate surface area is 112 Å². The van der Waals surface area contributed by atoms with E-state index in [0.29, 0.717) is 6.42 Å². The Balaban J connectivity index is 2.91. The highest BCUT2D eigenvalue weighted by Crippen LogP contribution is 2.30. The number of hydrogen-bond donors (Lipinski definition) is 0. The van der Waals surface area contributed by atoms with Crippen LogP contribution in [0, 0.1) is 0 Å². The molecule has 1 heterocycles. The Hall–Kier alpha value is -1.32. The van der Waals surface area contributed by atoms with Crippen LogP contribution < -0.4 is 0 Å². The highest BCUT2D eigenvalue weighted by Gasteiger charge is 2.31. The second kappa shape index (κ2) is 6.73. The maximum atomic E-state index is 12.7. The first-order valence-corrected chi connectivity index (χ1v) is 6.54. The molecule has 106 valence electrons. The van der Waals surface area contributed by atoms with E-state index in [1.165, 1.54) is 6.07 Å². The van der Waals surface area contributed by atoms with Crippen molar-refractivity contribution in [2.75, 3.05) is 0 Å². The fourth-order valence-electron chi connectivity index (χ4n) is 1.95. The van der Waals surface area contributed by atoms with E-state index in [1.54, 1.807) is 0 Å². The van der Waals surface area contributed by atoms with Crippen LogP contribution in [0.4, 0.5) is 13.2 Å². The second-order valence-corrected chi connectivity index (χ2v) is 4.89. The van der Waals surface area contributed by atoms with Crippen LogP contribution in [0.2, 0.25) is 0 Å². The molecule has 0 N–H and O–H groups in total. The van der Waals surface area contributed by atoms with E-state index in [0.717, 1.165) is 48.7 Å². The fourth-order valence-corrected chi connectivity index (χ4v) is 1.95. The number of aromatic nitrogens is 1. The maximum absolute atomic E-state index is 12.7. The lowest BCUT2D eigenvalue weighted by atomic mass is 10.0. The molecule has 0 unspecified atom stereocenters. The predicted octanol–water partition coefficient (Wildman–Crippen LogP) is 4.95. The molecule has 1 rings (SSSR count). The molecular weight excluding hydrogens is 251 g/mol. The summed E-state index contributed by atoms with van der Waals surface area (Å²) in [6.45, 7) is 7.73. The lowest BCUT2D eigenvalue weighted by Gasteiger charge is -2.12. The first kappa shape index (κ1) is 15.7. The summed E-state index contributed by atoms with van der Waals surface area (Å²) in [6.07, 6.45) is 0.496. The minimum Gasteiger partial charge on any atom is -0.260 e. The highest BCUT2D eigenvalue weighted by molar-refractivity contribution is 5.27. The van der Waals surface area contributed by atoms with E-state index < -0.39 is 11.7 Å². The lowest BCUT2D eigenvalue weighted by Crippen LogP contribution is -2.09. The van der Waals surface area contributed by atoms with Gasteiger partial charge in [-0.2, -0.15) is 13.2 Å². The third-order valence-electron chi connectivity index (χ3n) is 2.92. The van der Waals surface area contributed by atoms with Crippen molar-refractivity contribution < 1.29 is 13.2 Å². The monoisotopic (exact) mass is 271 g/mol. The standard InChI is InChI=1S/C15H20F3N/c1-4-6-14-12(8-5-7-11(2)3)9-13(10-19-14)15(16,17)18/h9-10H,2,4-8H2,1,3H3. The van der Waals surface area contributed by atoms with Crippen LogP contribution in [-0.2, 0) is 19.0 Å². The van der Waals surface area contributed by atoms with E-state index in [9.17, 15) is 13.2 Å². The second-order valence-electron chi connectivity index (χ2n) is 4.89. The number of nitrogens with zero attached hydrogens (tertiary/aromatic N) is 1. The molecule has 0 saturated carbocycles. The van der Waals surface area contributed by atoms with Gasteiger partial charge in [0, 0.05) is 11.9 Å². The van der Waals surface area contributed by atoms with Crippen LogP contribution >= 0.6 is 0 Å². The van der Waals surface area contributed by atoms with E-state index in [1.807, 2.05) is 13.8 Å². The van der Waals surface area contributed by atoms with Crippen molar-refractivity contribution in [2.24, 2.45) is 0 Å². The van der Waals surface area contributed by atoms with Gasteiger partial charge in [-0.05, 0) is 44.2 Å². The van der Waals surface area contributed by atoms with Gasteiger partial charge in [0.25, 0.3) is 0 Å². The molecule has 0 saturated heterocycles. The smallest absolute Gasteiger partial charge is 0.260 e. The van der Waals surface area contributed by atoms with Crippen molar-refractivity contribution in [3.8, 4) is 0 Å². The Bertz CT molecular complexity index is 436. The van der Waals surface area contributed by atoms with Gasteiger partial charge in [0.1, 0.15) is 0 Å². The van der Waals surface area contributed by atoms with Gasteiger partial charge in [-0.15, -0.1) is 6.58 Å². The Morgan fingerprint density at radius 2 is 2.00 bits per heavy atom. The molecule has 0 radical (unpaired) electrons.